The fourth-order valence-electron chi connectivity index (χ4n) is 10.4. The van der Waals surface area contributed by atoms with E-state index in [9.17, 15) is 0 Å². The molecule has 0 saturated carbocycles. The Hall–Kier alpha value is -8.20. The number of anilines is 3. The third-order valence-corrected chi connectivity index (χ3v) is 13.4. The van der Waals surface area contributed by atoms with Crippen molar-refractivity contribution in [3.05, 3.63) is 242 Å². The van der Waals surface area contributed by atoms with Gasteiger partial charge in [-0.05, 0) is 156 Å². The lowest BCUT2D eigenvalue weighted by molar-refractivity contribution is 1.18. The molecule has 2 heteroatoms. The zero-order valence-corrected chi connectivity index (χ0v) is 34.5. The highest BCUT2D eigenvalue weighted by Gasteiger charge is 2.22. The predicted octanol–water partition coefficient (Wildman–Crippen LogP) is 16.6. The third-order valence-electron chi connectivity index (χ3n) is 13.4. The molecule has 0 spiro atoms. The maximum Gasteiger partial charge on any atom is 0.0541 e. The van der Waals surface area contributed by atoms with Crippen LogP contribution in [0.3, 0.4) is 0 Å². The van der Waals surface area contributed by atoms with Gasteiger partial charge in [0.1, 0.15) is 0 Å². The van der Waals surface area contributed by atoms with Gasteiger partial charge >= 0.3 is 0 Å². The summed E-state index contributed by atoms with van der Waals surface area (Å²) in [4.78, 5) is 2.43. The molecule has 1 aliphatic rings. The molecular formula is C61H40N2. The van der Waals surface area contributed by atoms with Crippen LogP contribution in [0.4, 0.5) is 17.1 Å². The summed E-state index contributed by atoms with van der Waals surface area (Å²) in [6, 6.07) is 85.0. The van der Waals surface area contributed by atoms with Crippen molar-refractivity contribution < 1.29 is 0 Å². The van der Waals surface area contributed by atoms with E-state index in [1.165, 1.54) is 104 Å². The van der Waals surface area contributed by atoms with E-state index in [0.717, 1.165) is 23.5 Å². The lowest BCUT2D eigenvalue weighted by Crippen LogP contribution is -2.10. The zero-order valence-electron chi connectivity index (χ0n) is 34.5. The van der Waals surface area contributed by atoms with Gasteiger partial charge in [0.25, 0.3) is 0 Å². The quantitative estimate of drug-likeness (QED) is 0.152. The molecule has 0 fully saturated rings. The molecule has 0 saturated heterocycles. The van der Waals surface area contributed by atoms with Crippen LogP contribution in [0.25, 0.3) is 93.2 Å². The molecule has 0 radical (unpaired) electrons. The summed E-state index contributed by atoms with van der Waals surface area (Å²) >= 11 is 0. The van der Waals surface area contributed by atoms with E-state index in [1.54, 1.807) is 0 Å². The number of para-hydroxylation sites is 2. The van der Waals surface area contributed by atoms with Gasteiger partial charge in [-0.3, -0.25) is 0 Å². The Balaban J connectivity index is 0.928. The summed E-state index contributed by atoms with van der Waals surface area (Å²) in [5.41, 5.74) is 17.2. The average molecular weight is 801 g/mol. The zero-order chi connectivity index (χ0) is 41.4. The normalized spacial score (nSPS) is 12.1. The van der Waals surface area contributed by atoms with Crippen molar-refractivity contribution in [2.45, 2.75) is 6.42 Å². The van der Waals surface area contributed by atoms with E-state index in [2.05, 4.69) is 240 Å². The Morgan fingerprint density at radius 2 is 0.825 bits per heavy atom. The number of hydrogen-bond donors (Lipinski definition) is 0. The molecule has 2 nitrogen and oxygen atoms in total. The summed E-state index contributed by atoms with van der Waals surface area (Å²) in [6.07, 6.45) is 0.940. The van der Waals surface area contributed by atoms with Gasteiger partial charge in [0, 0.05) is 33.5 Å². The summed E-state index contributed by atoms with van der Waals surface area (Å²) in [5, 5.41) is 10.2. The minimum Gasteiger partial charge on any atom is -0.310 e. The van der Waals surface area contributed by atoms with Crippen LogP contribution in [0.2, 0.25) is 0 Å². The van der Waals surface area contributed by atoms with Gasteiger partial charge in [-0.25, -0.2) is 0 Å². The Labute approximate surface area is 366 Å². The molecule has 0 amide bonds. The van der Waals surface area contributed by atoms with Gasteiger partial charge in [-0.1, -0.05) is 158 Å². The average Bonchev–Trinajstić information content (AvgIpc) is 3.90. The van der Waals surface area contributed by atoms with Crippen LogP contribution in [0.1, 0.15) is 11.1 Å². The van der Waals surface area contributed by atoms with Crippen LogP contribution in [-0.4, -0.2) is 4.57 Å². The lowest BCUT2D eigenvalue weighted by atomic mass is 9.92. The van der Waals surface area contributed by atoms with E-state index in [4.69, 9.17) is 0 Å². The molecule has 0 atom stereocenters. The molecule has 11 aromatic carbocycles. The van der Waals surface area contributed by atoms with Crippen LogP contribution in [0.15, 0.2) is 231 Å². The first-order valence-corrected chi connectivity index (χ1v) is 21.9. The molecule has 1 heterocycles. The largest absolute Gasteiger partial charge is 0.310 e. The number of benzene rings is 11. The molecule has 1 aliphatic carbocycles. The number of aromatic nitrogens is 1. The SMILES string of the molecule is c1ccc(-n2c3ccccc3c3cc(-c4ccc(N(c5cccc(-c6ccc7c8ccccc8c8ccccc8c7c6)c5)c5ccc6c(c5)Cc5ccccc5-6)cc4)ccc32)cc1. The first kappa shape index (κ1) is 35.5. The number of hydrogen-bond acceptors (Lipinski definition) is 1. The standard InChI is InChI=1S/C61H40N2/c1-2-15-46(16-3-1)63-60-24-11-10-23-57(60)59-39-42(28-34-61(59)63)40-25-29-47(30-26-40)62(49-31-33-51-45(37-49)35-44-13-4-5-18-50(44)51)48-17-12-14-41(36-48)43-27-32-56-54-21-7-6-19-52(54)53-20-8-9-22-55(53)58(56)38-43/h1-34,36-39H,35H2. The molecule has 0 unspecified atom stereocenters. The second-order valence-electron chi connectivity index (χ2n) is 16.9. The van der Waals surface area contributed by atoms with Gasteiger partial charge in [-0.15, -0.1) is 0 Å². The van der Waals surface area contributed by atoms with Gasteiger partial charge in [0.2, 0.25) is 0 Å². The Kier molecular flexibility index (Phi) is 8.01. The fourth-order valence-corrected chi connectivity index (χ4v) is 10.4. The second-order valence-corrected chi connectivity index (χ2v) is 16.9. The van der Waals surface area contributed by atoms with Crippen molar-refractivity contribution in [1.82, 2.24) is 4.57 Å². The molecule has 63 heavy (non-hydrogen) atoms. The highest BCUT2D eigenvalue weighted by atomic mass is 15.1. The van der Waals surface area contributed by atoms with Gasteiger partial charge in [-0.2, -0.15) is 0 Å². The first-order chi connectivity index (χ1) is 31.2. The van der Waals surface area contributed by atoms with Crippen LogP contribution >= 0.6 is 0 Å². The monoisotopic (exact) mass is 800 g/mol. The highest BCUT2D eigenvalue weighted by molar-refractivity contribution is 6.25. The van der Waals surface area contributed by atoms with Crippen molar-refractivity contribution in [2.24, 2.45) is 0 Å². The molecule has 1 aromatic heterocycles. The van der Waals surface area contributed by atoms with E-state index in [0.29, 0.717) is 0 Å². The van der Waals surface area contributed by atoms with Crippen molar-refractivity contribution in [1.29, 1.82) is 0 Å². The number of nitrogens with zero attached hydrogens (tertiary/aromatic N) is 2. The van der Waals surface area contributed by atoms with E-state index < -0.39 is 0 Å². The van der Waals surface area contributed by atoms with Crippen molar-refractivity contribution in [3.8, 4) is 39.1 Å². The molecular weight excluding hydrogens is 761 g/mol. The summed E-state index contributed by atoms with van der Waals surface area (Å²) in [5.74, 6) is 0. The molecule has 294 valence electrons. The van der Waals surface area contributed by atoms with Crippen LogP contribution < -0.4 is 4.90 Å². The maximum absolute atomic E-state index is 2.43. The van der Waals surface area contributed by atoms with Gasteiger partial charge in [0.05, 0.1) is 11.0 Å². The third kappa shape index (κ3) is 5.72. The van der Waals surface area contributed by atoms with E-state index in [-0.39, 0.29) is 0 Å². The topological polar surface area (TPSA) is 8.17 Å². The summed E-state index contributed by atoms with van der Waals surface area (Å²) in [7, 11) is 0. The second kappa shape index (κ2) is 14.2. The molecule has 0 bridgehead atoms. The Morgan fingerprint density at radius 1 is 0.286 bits per heavy atom. The van der Waals surface area contributed by atoms with Crippen LogP contribution in [0.5, 0.6) is 0 Å². The maximum atomic E-state index is 2.43. The predicted molar refractivity (Wildman–Crippen MR) is 267 cm³/mol. The van der Waals surface area contributed by atoms with Crippen molar-refractivity contribution >= 4 is 71.2 Å². The van der Waals surface area contributed by atoms with Crippen molar-refractivity contribution in [2.75, 3.05) is 4.90 Å². The minimum atomic E-state index is 0.940. The van der Waals surface area contributed by atoms with E-state index in [1.807, 2.05) is 0 Å². The lowest BCUT2D eigenvalue weighted by Gasteiger charge is -2.27. The van der Waals surface area contributed by atoms with Crippen LogP contribution in [0, 0.1) is 0 Å². The smallest absolute Gasteiger partial charge is 0.0541 e. The minimum absolute atomic E-state index is 0.940. The Bertz CT molecular complexity index is 3730. The molecule has 13 rings (SSSR count). The first-order valence-electron chi connectivity index (χ1n) is 21.9. The van der Waals surface area contributed by atoms with Crippen molar-refractivity contribution in [3.63, 3.8) is 0 Å². The van der Waals surface area contributed by atoms with Crippen LogP contribution in [-0.2, 0) is 6.42 Å². The summed E-state index contributed by atoms with van der Waals surface area (Å²) < 4.78 is 2.38. The van der Waals surface area contributed by atoms with Gasteiger partial charge in [0.15, 0.2) is 0 Å². The molecule has 12 aromatic rings. The van der Waals surface area contributed by atoms with E-state index >= 15 is 0 Å². The Morgan fingerprint density at radius 3 is 1.62 bits per heavy atom. The number of fused-ring (bicyclic) bond motifs is 12. The van der Waals surface area contributed by atoms with Gasteiger partial charge < -0.3 is 9.47 Å². The fraction of sp³-hybridized carbons (Fsp3) is 0.0164. The highest BCUT2D eigenvalue weighted by Crippen LogP contribution is 2.44. The summed E-state index contributed by atoms with van der Waals surface area (Å²) in [6.45, 7) is 0. The molecule has 0 aliphatic heterocycles. The molecule has 0 N–H and O–H groups in total. The number of rotatable bonds is 6.